The highest BCUT2D eigenvalue weighted by Crippen LogP contribution is 2.17. The number of nitrogens with one attached hydrogen (secondary N) is 1. The third-order valence-electron chi connectivity index (χ3n) is 3.48. The Morgan fingerprint density at radius 2 is 2.15 bits per heavy atom. The van der Waals surface area contributed by atoms with Crippen LogP contribution in [0.5, 0.6) is 0 Å². The fraction of sp³-hybridized carbons (Fsp3) is 0.429. The first-order valence-corrected chi connectivity index (χ1v) is 6.63. The van der Waals surface area contributed by atoms with Crippen molar-refractivity contribution >= 4 is 17.5 Å². The van der Waals surface area contributed by atoms with Gasteiger partial charge in [0.05, 0.1) is 18.2 Å². The van der Waals surface area contributed by atoms with Crippen LogP contribution in [0.3, 0.4) is 0 Å². The van der Waals surface area contributed by atoms with Gasteiger partial charge in [0.25, 0.3) is 0 Å². The van der Waals surface area contributed by atoms with Crippen LogP contribution in [-0.4, -0.2) is 36.3 Å². The second kappa shape index (κ2) is 6.36. The molecule has 1 aliphatic heterocycles. The molecule has 1 atom stereocenters. The van der Waals surface area contributed by atoms with Crippen LogP contribution in [0.1, 0.15) is 12.8 Å². The molecular weight excluding hydrogens is 261 g/mol. The van der Waals surface area contributed by atoms with Crippen molar-refractivity contribution < 1.29 is 14.0 Å². The number of likely N-dealkylation sites (tertiary alicyclic amines) is 1. The maximum absolute atomic E-state index is 13.4. The minimum Gasteiger partial charge on any atom is -0.374 e. The van der Waals surface area contributed by atoms with E-state index in [1.54, 1.807) is 23.1 Å². The molecule has 0 bridgehead atoms. The second-order valence-corrected chi connectivity index (χ2v) is 4.91. The van der Waals surface area contributed by atoms with Crippen LogP contribution in [-0.2, 0) is 9.59 Å². The first-order valence-electron chi connectivity index (χ1n) is 6.63. The number of piperidine rings is 1. The zero-order valence-electron chi connectivity index (χ0n) is 11.1. The molecule has 0 radical (unpaired) electrons. The highest BCUT2D eigenvalue weighted by Gasteiger charge is 2.26. The molecule has 108 valence electrons. The molecule has 1 saturated heterocycles. The number of amides is 2. The number of carbonyl (C=O) groups is 2. The van der Waals surface area contributed by atoms with E-state index in [9.17, 15) is 14.0 Å². The van der Waals surface area contributed by atoms with Crippen molar-refractivity contribution in [3.63, 3.8) is 0 Å². The minimum atomic E-state index is -0.394. The van der Waals surface area contributed by atoms with E-state index in [0.717, 1.165) is 12.8 Å². The first kappa shape index (κ1) is 14.3. The molecule has 2 rings (SSSR count). The summed E-state index contributed by atoms with van der Waals surface area (Å²) in [7, 11) is 0. The van der Waals surface area contributed by atoms with Gasteiger partial charge in [-0.2, -0.15) is 0 Å². The molecule has 0 aromatic heterocycles. The Morgan fingerprint density at radius 1 is 1.40 bits per heavy atom. The zero-order chi connectivity index (χ0) is 14.5. The Labute approximate surface area is 116 Å². The van der Waals surface area contributed by atoms with Crippen LogP contribution in [0.15, 0.2) is 24.3 Å². The van der Waals surface area contributed by atoms with Crippen molar-refractivity contribution in [3.05, 3.63) is 30.1 Å². The summed E-state index contributed by atoms with van der Waals surface area (Å²) < 4.78 is 13.4. The third kappa shape index (κ3) is 3.46. The van der Waals surface area contributed by atoms with Gasteiger partial charge in [-0.3, -0.25) is 9.59 Å². The molecule has 1 fully saturated rings. The van der Waals surface area contributed by atoms with Crippen LogP contribution in [0, 0.1) is 11.7 Å². The van der Waals surface area contributed by atoms with Gasteiger partial charge in [0.2, 0.25) is 11.8 Å². The van der Waals surface area contributed by atoms with Crippen molar-refractivity contribution in [2.75, 3.05) is 25.0 Å². The van der Waals surface area contributed by atoms with E-state index in [4.69, 9.17) is 5.73 Å². The average Bonchev–Trinajstić information content (AvgIpc) is 2.46. The summed E-state index contributed by atoms with van der Waals surface area (Å²) in [4.78, 5) is 24.8. The molecule has 3 N–H and O–H groups in total. The smallest absolute Gasteiger partial charge is 0.241 e. The molecule has 0 spiro atoms. The van der Waals surface area contributed by atoms with Gasteiger partial charge in [-0.15, -0.1) is 0 Å². The summed E-state index contributed by atoms with van der Waals surface area (Å²) in [6, 6.07) is 6.19. The SMILES string of the molecule is NC(=O)C1CCCN(C(=O)CNc2ccccc2F)C1. The standard InChI is InChI=1S/C14H18FN3O2/c15-11-5-1-2-6-12(11)17-8-13(19)18-7-3-4-10(9-18)14(16)20/h1-2,5-6,10,17H,3-4,7-9H2,(H2,16,20). The van der Waals surface area contributed by atoms with Crippen molar-refractivity contribution in [1.29, 1.82) is 0 Å². The van der Waals surface area contributed by atoms with Crippen LogP contribution in [0.4, 0.5) is 10.1 Å². The number of rotatable bonds is 4. The lowest BCUT2D eigenvalue weighted by atomic mass is 9.97. The Kier molecular flexibility index (Phi) is 4.55. The van der Waals surface area contributed by atoms with Gasteiger partial charge >= 0.3 is 0 Å². The van der Waals surface area contributed by atoms with E-state index >= 15 is 0 Å². The molecule has 2 amide bonds. The summed E-state index contributed by atoms with van der Waals surface area (Å²) in [6.07, 6.45) is 1.49. The van der Waals surface area contributed by atoms with Crippen molar-refractivity contribution in [2.45, 2.75) is 12.8 Å². The second-order valence-electron chi connectivity index (χ2n) is 4.91. The van der Waals surface area contributed by atoms with Crippen LogP contribution in [0.2, 0.25) is 0 Å². The molecule has 6 heteroatoms. The van der Waals surface area contributed by atoms with Crippen LogP contribution >= 0.6 is 0 Å². The molecule has 0 saturated carbocycles. The minimum absolute atomic E-state index is 0.00636. The van der Waals surface area contributed by atoms with Gasteiger partial charge in [-0.05, 0) is 25.0 Å². The van der Waals surface area contributed by atoms with E-state index in [2.05, 4.69) is 5.32 Å². The predicted octanol–water partition coefficient (Wildman–Crippen LogP) is 0.961. The molecule has 1 aromatic carbocycles. The van der Waals surface area contributed by atoms with Gasteiger partial charge in [0.15, 0.2) is 0 Å². The van der Waals surface area contributed by atoms with Crippen molar-refractivity contribution in [2.24, 2.45) is 11.7 Å². The lowest BCUT2D eigenvalue weighted by molar-refractivity contribution is -0.133. The number of anilines is 1. The molecular formula is C14H18FN3O2. The number of hydrogen-bond acceptors (Lipinski definition) is 3. The third-order valence-corrected chi connectivity index (χ3v) is 3.48. The Hall–Kier alpha value is -2.11. The normalized spacial score (nSPS) is 18.6. The number of nitrogens with two attached hydrogens (primary N) is 1. The lowest BCUT2D eigenvalue weighted by Gasteiger charge is -2.31. The quantitative estimate of drug-likeness (QED) is 0.862. The maximum atomic E-state index is 13.4. The Bertz CT molecular complexity index is 507. The average molecular weight is 279 g/mol. The van der Waals surface area contributed by atoms with Crippen LogP contribution in [0.25, 0.3) is 0 Å². The fourth-order valence-electron chi connectivity index (χ4n) is 2.32. The summed E-state index contributed by atoms with van der Waals surface area (Å²) >= 11 is 0. The van der Waals surface area contributed by atoms with Crippen LogP contribution < -0.4 is 11.1 Å². The number of para-hydroxylation sites is 1. The van der Waals surface area contributed by atoms with E-state index in [0.29, 0.717) is 18.8 Å². The monoisotopic (exact) mass is 279 g/mol. The topological polar surface area (TPSA) is 75.4 Å². The van der Waals surface area contributed by atoms with E-state index in [1.165, 1.54) is 6.07 Å². The molecule has 20 heavy (non-hydrogen) atoms. The Balaban J connectivity index is 1.89. The summed E-state index contributed by atoms with van der Waals surface area (Å²) in [6.45, 7) is 0.973. The largest absolute Gasteiger partial charge is 0.374 e. The van der Waals surface area contributed by atoms with Gasteiger partial charge in [-0.25, -0.2) is 4.39 Å². The molecule has 5 nitrogen and oxygen atoms in total. The molecule has 1 unspecified atom stereocenters. The van der Waals surface area contributed by atoms with E-state index in [1.807, 2.05) is 0 Å². The number of hydrogen-bond donors (Lipinski definition) is 2. The van der Waals surface area contributed by atoms with E-state index < -0.39 is 5.82 Å². The Morgan fingerprint density at radius 3 is 2.85 bits per heavy atom. The van der Waals surface area contributed by atoms with E-state index in [-0.39, 0.29) is 24.3 Å². The highest BCUT2D eigenvalue weighted by molar-refractivity contribution is 5.82. The number of carbonyl (C=O) groups excluding carboxylic acids is 2. The maximum Gasteiger partial charge on any atom is 0.241 e. The first-order chi connectivity index (χ1) is 9.58. The van der Waals surface area contributed by atoms with Gasteiger partial charge < -0.3 is 16.0 Å². The fourth-order valence-corrected chi connectivity index (χ4v) is 2.32. The zero-order valence-corrected chi connectivity index (χ0v) is 11.1. The number of primary amides is 1. The lowest BCUT2D eigenvalue weighted by Crippen LogP contribution is -2.46. The predicted molar refractivity (Wildman–Crippen MR) is 73.4 cm³/mol. The summed E-state index contributed by atoms with van der Waals surface area (Å²) in [5.41, 5.74) is 5.57. The van der Waals surface area contributed by atoms with Gasteiger partial charge in [0, 0.05) is 13.1 Å². The summed E-state index contributed by atoms with van der Waals surface area (Å²) in [5.74, 6) is -1.20. The number of halogens is 1. The number of nitrogens with zero attached hydrogens (tertiary/aromatic N) is 1. The molecule has 1 heterocycles. The number of benzene rings is 1. The van der Waals surface area contributed by atoms with Gasteiger partial charge in [-0.1, -0.05) is 12.1 Å². The molecule has 1 aliphatic rings. The van der Waals surface area contributed by atoms with Crippen molar-refractivity contribution in [3.8, 4) is 0 Å². The highest BCUT2D eigenvalue weighted by atomic mass is 19.1. The van der Waals surface area contributed by atoms with Crippen molar-refractivity contribution in [1.82, 2.24) is 4.90 Å². The molecule has 0 aliphatic carbocycles. The molecule has 1 aromatic rings. The summed E-state index contributed by atoms with van der Waals surface area (Å²) in [5, 5.41) is 2.77. The van der Waals surface area contributed by atoms with Gasteiger partial charge in [0.1, 0.15) is 5.82 Å².